The number of nitro groups is 1. The summed E-state index contributed by atoms with van der Waals surface area (Å²) in [6.45, 7) is 2.85. The quantitative estimate of drug-likeness (QED) is 0.220. The zero-order valence-electron chi connectivity index (χ0n) is 17.5. The van der Waals surface area contributed by atoms with Crippen molar-refractivity contribution in [2.45, 2.75) is 32.7 Å². The van der Waals surface area contributed by atoms with Crippen molar-refractivity contribution in [3.63, 3.8) is 0 Å². The molecule has 0 unspecified atom stereocenters. The average Bonchev–Trinajstić information content (AvgIpc) is 3.06. The zero-order chi connectivity index (χ0) is 23.1. The summed E-state index contributed by atoms with van der Waals surface area (Å²) in [5, 5.41) is 32.2. The molecule has 0 radical (unpaired) electrons. The summed E-state index contributed by atoms with van der Waals surface area (Å²) in [7, 11) is 0. The van der Waals surface area contributed by atoms with Gasteiger partial charge in [-0.25, -0.2) is 0 Å². The molecular weight excluding hydrogens is 414 g/mol. The standard InChI is InChI=1S/C22H23N5O5/c1-2-14-26-18-7-4-3-6-17(18)20(22(26)30)25-24-19(28)8-5-13-23-21(29)15-9-11-16(12-10-15)27(31)32/h3-4,6-7,9-12,30H,2,5,8,13-14H2,1H3,(H,23,29). The van der Waals surface area contributed by atoms with Gasteiger partial charge in [-0.2, -0.15) is 0 Å². The molecule has 0 saturated heterocycles. The van der Waals surface area contributed by atoms with E-state index < -0.39 is 10.8 Å². The van der Waals surface area contributed by atoms with E-state index in [1.807, 2.05) is 31.2 Å². The van der Waals surface area contributed by atoms with Crippen LogP contribution in [-0.2, 0) is 11.3 Å². The third kappa shape index (κ3) is 5.15. The maximum Gasteiger partial charge on any atom is 0.269 e. The highest BCUT2D eigenvalue weighted by molar-refractivity contribution is 5.95. The molecule has 2 amide bonds. The number of non-ortho nitro benzene ring substituents is 1. The number of aromatic nitrogens is 1. The molecule has 10 nitrogen and oxygen atoms in total. The van der Waals surface area contributed by atoms with Gasteiger partial charge in [0.15, 0.2) is 5.69 Å². The second-order valence-electron chi connectivity index (χ2n) is 7.10. The van der Waals surface area contributed by atoms with Crippen LogP contribution in [0.2, 0.25) is 0 Å². The summed E-state index contributed by atoms with van der Waals surface area (Å²) < 4.78 is 1.74. The van der Waals surface area contributed by atoms with Crippen LogP contribution in [-0.4, -0.2) is 33.0 Å². The van der Waals surface area contributed by atoms with Crippen molar-refractivity contribution >= 4 is 34.1 Å². The number of aryl methyl sites for hydroxylation is 1. The average molecular weight is 437 g/mol. The number of hydrogen-bond acceptors (Lipinski definition) is 6. The van der Waals surface area contributed by atoms with E-state index in [-0.39, 0.29) is 36.1 Å². The molecule has 3 aromatic rings. The van der Waals surface area contributed by atoms with E-state index in [9.17, 15) is 24.8 Å². The van der Waals surface area contributed by atoms with Gasteiger partial charge in [0.25, 0.3) is 17.5 Å². The van der Waals surface area contributed by atoms with E-state index in [0.717, 1.165) is 11.9 Å². The van der Waals surface area contributed by atoms with Gasteiger partial charge < -0.3 is 15.0 Å². The largest absolute Gasteiger partial charge is 0.493 e. The minimum Gasteiger partial charge on any atom is -0.493 e. The van der Waals surface area contributed by atoms with Crippen molar-refractivity contribution in [1.82, 2.24) is 9.88 Å². The summed E-state index contributed by atoms with van der Waals surface area (Å²) in [5.74, 6) is -0.885. The number of nitrogens with one attached hydrogen (secondary N) is 1. The summed E-state index contributed by atoms with van der Waals surface area (Å²) in [6.07, 6.45) is 1.24. The van der Waals surface area contributed by atoms with Gasteiger partial charge in [0.2, 0.25) is 5.88 Å². The van der Waals surface area contributed by atoms with Gasteiger partial charge in [-0.1, -0.05) is 25.1 Å². The molecule has 2 aromatic carbocycles. The first-order chi connectivity index (χ1) is 15.4. The molecule has 166 valence electrons. The molecule has 0 bridgehead atoms. The Balaban J connectivity index is 1.54. The van der Waals surface area contributed by atoms with Crippen LogP contribution in [0, 0.1) is 10.1 Å². The van der Waals surface area contributed by atoms with E-state index in [1.54, 1.807) is 4.57 Å². The molecule has 0 spiro atoms. The smallest absolute Gasteiger partial charge is 0.269 e. The number of para-hydroxylation sites is 1. The number of fused-ring (bicyclic) bond motifs is 1. The Hall–Kier alpha value is -4.08. The summed E-state index contributed by atoms with van der Waals surface area (Å²) >= 11 is 0. The van der Waals surface area contributed by atoms with Gasteiger partial charge in [-0.05, 0) is 31.0 Å². The molecule has 0 aliphatic heterocycles. The van der Waals surface area contributed by atoms with Gasteiger partial charge in [0, 0.05) is 42.6 Å². The number of azo groups is 1. The van der Waals surface area contributed by atoms with Gasteiger partial charge in [0.1, 0.15) is 0 Å². The van der Waals surface area contributed by atoms with Crippen LogP contribution in [0.25, 0.3) is 10.9 Å². The Kier molecular flexibility index (Phi) is 7.27. The highest BCUT2D eigenvalue weighted by Crippen LogP contribution is 2.38. The first kappa shape index (κ1) is 22.6. The molecule has 32 heavy (non-hydrogen) atoms. The molecule has 3 rings (SSSR count). The molecule has 0 fully saturated rings. The van der Waals surface area contributed by atoms with Crippen LogP contribution in [0.1, 0.15) is 36.5 Å². The maximum atomic E-state index is 12.1. The van der Waals surface area contributed by atoms with Crippen LogP contribution in [0.15, 0.2) is 58.8 Å². The zero-order valence-corrected chi connectivity index (χ0v) is 17.5. The van der Waals surface area contributed by atoms with Crippen molar-refractivity contribution in [1.29, 1.82) is 0 Å². The summed E-state index contributed by atoms with van der Waals surface area (Å²) in [6, 6.07) is 12.6. The Morgan fingerprint density at radius 1 is 1.16 bits per heavy atom. The first-order valence-electron chi connectivity index (χ1n) is 10.2. The van der Waals surface area contributed by atoms with Crippen molar-refractivity contribution in [2.24, 2.45) is 10.2 Å². The third-order valence-corrected chi connectivity index (χ3v) is 4.82. The minimum absolute atomic E-state index is 0.0278. The lowest BCUT2D eigenvalue weighted by molar-refractivity contribution is -0.384. The minimum atomic E-state index is -0.539. The van der Waals surface area contributed by atoms with Crippen molar-refractivity contribution in [3.05, 3.63) is 64.2 Å². The number of aromatic hydroxyl groups is 1. The van der Waals surface area contributed by atoms with Crippen molar-refractivity contribution < 1.29 is 19.6 Å². The van der Waals surface area contributed by atoms with E-state index in [0.29, 0.717) is 23.9 Å². The highest BCUT2D eigenvalue weighted by atomic mass is 16.6. The van der Waals surface area contributed by atoms with Crippen LogP contribution in [0.5, 0.6) is 5.88 Å². The molecule has 0 atom stereocenters. The number of rotatable bonds is 9. The van der Waals surface area contributed by atoms with Crippen molar-refractivity contribution in [3.8, 4) is 5.88 Å². The van der Waals surface area contributed by atoms with E-state index in [4.69, 9.17) is 0 Å². The number of carbonyl (C=O) groups excluding carboxylic acids is 2. The van der Waals surface area contributed by atoms with Crippen LogP contribution in [0.4, 0.5) is 11.4 Å². The lowest BCUT2D eigenvalue weighted by atomic mass is 10.2. The predicted octanol–water partition coefficient (Wildman–Crippen LogP) is 4.49. The summed E-state index contributed by atoms with van der Waals surface area (Å²) in [4.78, 5) is 34.3. The van der Waals surface area contributed by atoms with Gasteiger partial charge in [0.05, 0.1) is 10.4 Å². The number of nitro benzene ring substituents is 1. The summed E-state index contributed by atoms with van der Waals surface area (Å²) in [5.41, 5.74) is 1.28. The van der Waals surface area contributed by atoms with Gasteiger partial charge in [-0.15, -0.1) is 10.2 Å². The number of amides is 2. The van der Waals surface area contributed by atoms with Crippen LogP contribution >= 0.6 is 0 Å². The van der Waals surface area contributed by atoms with Gasteiger partial charge >= 0.3 is 0 Å². The predicted molar refractivity (Wildman–Crippen MR) is 118 cm³/mol. The van der Waals surface area contributed by atoms with Gasteiger partial charge in [-0.3, -0.25) is 19.7 Å². The first-order valence-corrected chi connectivity index (χ1v) is 10.2. The number of carbonyl (C=O) groups is 2. The van der Waals surface area contributed by atoms with Crippen molar-refractivity contribution in [2.75, 3.05) is 6.54 Å². The fourth-order valence-corrected chi connectivity index (χ4v) is 3.25. The highest BCUT2D eigenvalue weighted by Gasteiger charge is 2.16. The second kappa shape index (κ2) is 10.3. The Morgan fingerprint density at radius 3 is 2.56 bits per heavy atom. The number of benzene rings is 2. The SMILES string of the molecule is CCCn1c(O)c(N=NC(=O)CCCNC(=O)c2ccc([N+](=O)[O-])cc2)c2ccccc21. The number of hydrogen-bond donors (Lipinski definition) is 2. The van der Waals surface area contributed by atoms with E-state index in [2.05, 4.69) is 15.5 Å². The lowest BCUT2D eigenvalue weighted by Crippen LogP contribution is -2.24. The third-order valence-electron chi connectivity index (χ3n) is 4.82. The van der Waals surface area contributed by atoms with Crippen LogP contribution in [0.3, 0.4) is 0 Å². The number of nitrogens with zero attached hydrogens (tertiary/aromatic N) is 4. The molecule has 0 aliphatic carbocycles. The van der Waals surface area contributed by atoms with Crippen LogP contribution < -0.4 is 5.32 Å². The Morgan fingerprint density at radius 2 is 1.88 bits per heavy atom. The molecule has 10 heteroatoms. The monoisotopic (exact) mass is 437 g/mol. The normalized spacial score (nSPS) is 11.2. The fourth-order valence-electron chi connectivity index (χ4n) is 3.25. The molecular formula is C22H23N5O5. The molecule has 0 saturated carbocycles. The molecule has 0 aliphatic rings. The van der Waals surface area contributed by atoms with E-state index >= 15 is 0 Å². The second-order valence-corrected chi connectivity index (χ2v) is 7.10. The molecule has 2 N–H and O–H groups in total. The van der Waals surface area contributed by atoms with E-state index in [1.165, 1.54) is 24.3 Å². The lowest BCUT2D eigenvalue weighted by Gasteiger charge is -2.04. The Bertz CT molecular complexity index is 1170. The topological polar surface area (TPSA) is 139 Å². The molecule has 1 heterocycles. The molecule has 1 aromatic heterocycles. The maximum absolute atomic E-state index is 12.1. The fraction of sp³-hybridized carbons (Fsp3) is 0.273. The Labute approximate surface area is 183 Å².